The van der Waals surface area contributed by atoms with Gasteiger partial charge in [-0.15, -0.1) is 0 Å². The third-order valence-electron chi connectivity index (χ3n) is 4.71. The van der Waals surface area contributed by atoms with Gasteiger partial charge >= 0.3 is 5.97 Å². The van der Waals surface area contributed by atoms with Crippen LogP contribution in [0.1, 0.15) is 36.7 Å². The highest BCUT2D eigenvalue weighted by Gasteiger charge is 2.34. The number of ether oxygens (including phenoxy) is 2. The van der Waals surface area contributed by atoms with Gasteiger partial charge in [0.25, 0.3) is 0 Å². The van der Waals surface area contributed by atoms with Crippen LogP contribution in [0.15, 0.2) is 47.4 Å². The minimum absolute atomic E-state index is 0.0562. The quantitative estimate of drug-likeness (QED) is 0.523. The van der Waals surface area contributed by atoms with Crippen LogP contribution in [0, 0.1) is 0 Å². The second-order valence-electron chi connectivity index (χ2n) is 7.11. The molecule has 0 bridgehead atoms. The van der Waals surface area contributed by atoms with Crippen molar-refractivity contribution in [1.82, 2.24) is 4.31 Å². The number of carbonyl (C=O) groups is 1. The number of sulfonamides is 1. The lowest BCUT2D eigenvalue weighted by Crippen LogP contribution is -2.48. The van der Waals surface area contributed by atoms with E-state index in [0.29, 0.717) is 5.75 Å². The van der Waals surface area contributed by atoms with E-state index in [0.717, 1.165) is 12.0 Å². The van der Waals surface area contributed by atoms with Crippen molar-refractivity contribution in [3.63, 3.8) is 0 Å². The maximum atomic E-state index is 13.1. The highest BCUT2D eigenvalue weighted by Crippen LogP contribution is 2.28. The SMILES string of the molecule is CCc1ccc(OC(=O)c2ccc(Cl)c(S(=O)(=O)N3CC(C)OC(C)C3)c2)cc1. The van der Waals surface area contributed by atoms with Crippen molar-refractivity contribution in [3.8, 4) is 5.75 Å². The molecule has 3 rings (SSSR count). The Hall–Kier alpha value is -1.93. The molecule has 0 aromatic heterocycles. The van der Waals surface area contributed by atoms with Gasteiger partial charge in [0.15, 0.2) is 0 Å². The van der Waals surface area contributed by atoms with Gasteiger partial charge in [-0.1, -0.05) is 30.7 Å². The van der Waals surface area contributed by atoms with Crippen LogP contribution in [0.3, 0.4) is 0 Å². The molecule has 8 heteroatoms. The third kappa shape index (κ3) is 4.98. The molecule has 2 atom stereocenters. The molecule has 1 aliphatic heterocycles. The summed E-state index contributed by atoms with van der Waals surface area (Å²) in [5.41, 5.74) is 1.24. The van der Waals surface area contributed by atoms with Crippen molar-refractivity contribution in [3.05, 3.63) is 58.6 Å². The third-order valence-corrected chi connectivity index (χ3v) is 7.03. The first-order valence-electron chi connectivity index (χ1n) is 9.47. The molecule has 2 aromatic rings. The van der Waals surface area contributed by atoms with Gasteiger partial charge in [0, 0.05) is 13.1 Å². The summed E-state index contributed by atoms with van der Waals surface area (Å²) >= 11 is 6.18. The Morgan fingerprint density at radius 2 is 1.76 bits per heavy atom. The van der Waals surface area contributed by atoms with E-state index in [1.165, 1.54) is 22.5 Å². The number of carbonyl (C=O) groups excluding carboxylic acids is 1. The van der Waals surface area contributed by atoms with Gasteiger partial charge < -0.3 is 9.47 Å². The molecule has 6 nitrogen and oxygen atoms in total. The van der Waals surface area contributed by atoms with Crippen molar-refractivity contribution in [1.29, 1.82) is 0 Å². The molecule has 2 unspecified atom stereocenters. The van der Waals surface area contributed by atoms with Gasteiger partial charge in [-0.25, -0.2) is 13.2 Å². The van der Waals surface area contributed by atoms with Crippen LogP contribution in [0.25, 0.3) is 0 Å². The van der Waals surface area contributed by atoms with Crippen molar-refractivity contribution in [2.45, 2.75) is 44.3 Å². The highest BCUT2D eigenvalue weighted by molar-refractivity contribution is 7.89. The van der Waals surface area contributed by atoms with Crippen molar-refractivity contribution < 1.29 is 22.7 Å². The average Bonchev–Trinajstić information content (AvgIpc) is 2.68. The number of esters is 1. The molecular formula is C21H24ClNO5S. The van der Waals surface area contributed by atoms with E-state index >= 15 is 0 Å². The molecule has 0 amide bonds. The van der Waals surface area contributed by atoms with Gasteiger partial charge in [-0.2, -0.15) is 4.31 Å². The monoisotopic (exact) mass is 437 g/mol. The summed E-state index contributed by atoms with van der Waals surface area (Å²) in [6, 6.07) is 11.3. The van der Waals surface area contributed by atoms with Crippen LogP contribution in [-0.4, -0.2) is 44.0 Å². The Morgan fingerprint density at radius 1 is 1.14 bits per heavy atom. The number of aryl methyl sites for hydroxylation is 1. The zero-order valence-corrected chi connectivity index (χ0v) is 18.2. The zero-order valence-electron chi connectivity index (χ0n) is 16.6. The fraction of sp³-hybridized carbons (Fsp3) is 0.381. The lowest BCUT2D eigenvalue weighted by molar-refractivity contribution is -0.0440. The number of benzene rings is 2. The van der Waals surface area contributed by atoms with Crippen LogP contribution >= 0.6 is 11.6 Å². The zero-order chi connectivity index (χ0) is 21.2. The number of halogens is 1. The fourth-order valence-corrected chi connectivity index (χ4v) is 5.34. The molecule has 29 heavy (non-hydrogen) atoms. The van der Waals surface area contributed by atoms with E-state index in [4.69, 9.17) is 21.1 Å². The minimum atomic E-state index is -3.88. The van der Waals surface area contributed by atoms with Gasteiger partial charge in [-0.05, 0) is 56.2 Å². The summed E-state index contributed by atoms with van der Waals surface area (Å²) in [6.07, 6.45) is 0.420. The highest BCUT2D eigenvalue weighted by atomic mass is 35.5. The standard InChI is InChI=1S/C21H24ClNO5S/c1-4-16-5-8-18(9-6-16)28-21(24)17-7-10-19(22)20(11-17)29(25,26)23-12-14(2)27-15(3)13-23/h5-11,14-15H,4,12-13H2,1-3H3. The van der Waals surface area contributed by atoms with Crippen molar-refractivity contribution in [2.24, 2.45) is 0 Å². The van der Waals surface area contributed by atoms with E-state index in [-0.39, 0.29) is 40.8 Å². The normalized spacial score (nSPS) is 20.4. The number of rotatable bonds is 5. The molecule has 0 radical (unpaired) electrons. The maximum Gasteiger partial charge on any atom is 0.343 e. The second-order valence-corrected chi connectivity index (χ2v) is 9.43. The Labute approximate surface area is 176 Å². The van der Waals surface area contributed by atoms with Gasteiger partial charge in [-0.3, -0.25) is 0 Å². The second kappa shape index (κ2) is 8.83. The molecule has 1 aliphatic rings. The predicted molar refractivity (Wildman–Crippen MR) is 111 cm³/mol. The van der Waals surface area contributed by atoms with E-state index < -0.39 is 16.0 Å². The molecule has 1 fully saturated rings. The topological polar surface area (TPSA) is 72.9 Å². The molecular weight excluding hydrogens is 414 g/mol. The molecule has 2 aromatic carbocycles. The van der Waals surface area contributed by atoms with Crippen LogP contribution in [0.5, 0.6) is 5.75 Å². The van der Waals surface area contributed by atoms with Crippen LogP contribution in [0.2, 0.25) is 5.02 Å². The summed E-state index contributed by atoms with van der Waals surface area (Å²) in [5.74, 6) is -0.256. The van der Waals surface area contributed by atoms with Crippen LogP contribution in [-0.2, 0) is 21.2 Å². The molecule has 0 N–H and O–H groups in total. The average molecular weight is 438 g/mol. The number of nitrogens with zero attached hydrogens (tertiary/aromatic N) is 1. The predicted octanol–water partition coefficient (Wildman–Crippen LogP) is 3.92. The van der Waals surface area contributed by atoms with E-state index in [9.17, 15) is 13.2 Å². The molecule has 0 spiro atoms. The summed E-state index contributed by atoms with van der Waals surface area (Å²) in [6.45, 7) is 6.12. The number of hydrogen-bond donors (Lipinski definition) is 0. The molecule has 156 valence electrons. The van der Waals surface area contributed by atoms with Gasteiger partial charge in [0.1, 0.15) is 10.6 Å². The van der Waals surface area contributed by atoms with Crippen molar-refractivity contribution in [2.75, 3.05) is 13.1 Å². The maximum absolute atomic E-state index is 13.1. The summed E-state index contributed by atoms with van der Waals surface area (Å²) in [4.78, 5) is 12.4. The molecule has 1 heterocycles. The Bertz CT molecular complexity index is 981. The Balaban J connectivity index is 1.85. The summed E-state index contributed by atoms with van der Waals surface area (Å²) in [7, 11) is -3.88. The van der Waals surface area contributed by atoms with Gasteiger partial charge in [0.2, 0.25) is 10.0 Å². The number of hydrogen-bond acceptors (Lipinski definition) is 5. The number of morpholine rings is 1. The summed E-state index contributed by atoms with van der Waals surface area (Å²) < 4.78 is 38.6. The van der Waals surface area contributed by atoms with Gasteiger partial charge in [0.05, 0.1) is 22.8 Å². The largest absolute Gasteiger partial charge is 0.423 e. The van der Waals surface area contributed by atoms with Crippen molar-refractivity contribution >= 4 is 27.6 Å². The van der Waals surface area contributed by atoms with E-state index in [1.807, 2.05) is 32.9 Å². The lowest BCUT2D eigenvalue weighted by atomic mass is 10.2. The minimum Gasteiger partial charge on any atom is -0.423 e. The fourth-order valence-electron chi connectivity index (χ4n) is 3.25. The first kappa shape index (κ1) is 21.8. The van der Waals surface area contributed by atoms with Crippen LogP contribution in [0.4, 0.5) is 0 Å². The van der Waals surface area contributed by atoms with E-state index in [1.54, 1.807) is 12.1 Å². The molecule has 0 saturated carbocycles. The Morgan fingerprint density at radius 3 is 2.34 bits per heavy atom. The summed E-state index contributed by atoms with van der Waals surface area (Å²) in [5, 5.41) is 0.0562. The lowest BCUT2D eigenvalue weighted by Gasteiger charge is -2.34. The van der Waals surface area contributed by atoms with E-state index in [2.05, 4.69) is 0 Å². The Kier molecular flexibility index (Phi) is 6.63. The smallest absolute Gasteiger partial charge is 0.343 e. The first-order chi connectivity index (χ1) is 13.7. The van der Waals surface area contributed by atoms with Crippen LogP contribution < -0.4 is 4.74 Å². The molecule has 0 aliphatic carbocycles. The molecule has 1 saturated heterocycles. The first-order valence-corrected chi connectivity index (χ1v) is 11.3.